The Morgan fingerprint density at radius 1 is 1.13 bits per heavy atom. The number of pyridine rings is 1. The standard InChI is InChI=1S/C24H28N4O3/c1-14-10-17(5-7-20(14)23(25)30)24(31)27-19-11-16-4-3-9-28(21(16)12-19)22-8-6-18(13-26-22)15(2)29/h5-8,10,13,16,19,21H,3-4,9,11-12H2,1-2H3,(H2,25,30)(H,27,31). The Morgan fingerprint density at radius 2 is 1.90 bits per heavy atom. The molecule has 1 saturated carbocycles. The monoisotopic (exact) mass is 420 g/mol. The number of carbonyl (C=O) groups excluding carboxylic acids is 3. The van der Waals surface area contributed by atoms with E-state index in [1.54, 1.807) is 38.2 Å². The SMILES string of the molecule is CC(=O)c1ccc(N2CCCC3CC(NC(=O)c4ccc(C(N)=O)c(C)c4)CC32)nc1. The molecule has 1 aliphatic carbocycles. The van der Waals surface area contributed by atoms with Crippen molar-refractivity contribution in [1.82, 2.24) is 10.3 Å². The van der Waals surface area contributed by atoms with E-state index in [0.29, 0.717) is 34.2 Å². The van der Waals surface area contributed by atoms with Crippen LogP contribution in [-0.4, -0.2) is 41.2 Å². The van der Waals surface area contributed by atoms with E-state index in [1.165, 1.54) is 0 Å². The predicted octanol–water partition coefficient (Wildman–Crippen LogP) is 2.87. The molecule has 1 aromatic heterocycles. The average molecular weight is 421 g/mol. The number of piperidine rings is 1. The fourth-order valence-electron chi connectivity index (χ4n) is 5.00. The van der Waals surface area contributed by atoms with Gasteiger partial charge in [0.15, 0.2) is 5.78 Å². The maximum Gasteiger partial charge on any atom is 0.251 e. The number of Topliss-reactive ketones (excluding diaryl/α,β-unsaturated/α-hetero) is 1. The summed E-state index contributed by atoms with van der Waals surface area (Å²) in [6, 6.07) is 9.15. The molecule has 31 heavy (non-hydrogen) atoms. The highest BCUT2D eigenvalue weighted by Gasteiger charge is 2.41. The zero-order valence-corrected chi connectivity index (χ0v) is 17.9. The second kappa shape index (κ2) is 8.49. The molecule has 0 radical (unpaired) electrons. The lowest BCUT2D eigenvalue weighted by atomic mass is 9.92. The normalized spacial score (nSPS) is 22.6. The zero-order chi connectivity index (χ0) is 22.1. The van der Waals surface area contributed by atoms with Gasteiger partial charge < -0.3 is 16.0 Å². The summed E-state index contributed by atoms with van der Waals surface area (Å²) in [5, 5.41) is 3.18. The fourth-order valence-corrected chi connectivity index (χ4v) is 5.00. The van der Waals surface area contributed by atoms with Crippen LogP contribution in [0.5, 0.6) is 0 Å². The molecular weight excluding hydrogens is 392 g/mol. The highest BCUT2D eigenvalue weighted by Crippen LogP contribution is 2.39. The zero-order valence-electron chi connectivity index (χ0n) is 17.9. The van der Waals surface area contributed by atoms with Gasteiger partial charge in [0.25, 0.3) is 5.91 Å². The van der Waals surface area contributed by atoms with Crippen LogP contribution in [0.2, 0.25) is 0 Å². The van der Waals surface area contributed by atoms with Gasteiger partial charge in [0.2, 0.25) is 5.91 Å². The number of aryl methyl sites for hydroxylation is 1. The van der Waals surface area contributed by atoms with Crippen LogP contribution in [-0.2, 0) is 0 Å². The van der Waals surface area contributed by atoms with E-state index in [9.17, 15) is 14.4 Å². The van der Waals surface area contributed by atoms with E-state index in [4.69, 9.17) is 5.73 Å². The number of primary amides is 1. The largest absolute Gasteiger partial charge is 0.366 e. The molecule has 2 amide bonds. The number of fused-ring (bicyclic) bond motifs is 1. The number of nitrogens with one attached hydrogen (secondary N) is 1. The summed E-state index contributed by atoms with van der Waals surface area (Å²) in [6.07, 6.45) is 5.69. The molecule has 2 aliphatic rings. The molecule has 3 atom stereocenters. The highest BCUT2D eigenvalue weighted by molar-refractivity contribution is 5.98. The molecule has 1 aliphatic heterocycles. The van der Waals surface area contributed by atoms with Crippen LogP contribution in [0.25, 0.3) is 0 Å². The smallest absolute Gasteiger partial charge is 0.251 e. The minimum Gasteiger partial charge on any atom is -0.366 e. The van der Waals surface area contributed by atoms with E-state index in [1.807, 2.05) is 12.1 Å². The molecular formula is C24H28N4O3. The average Bonchev–Trinajstić information content (AvgIpc) is 3.15. The lowest BCUT2D eigenvalue weighted by Crippen LogP contribution is -2.43. The molecule has 4 rings (SSSR count). The topological polar surface area (TPSA) is 105 Å². The number of benzene rings is 1. The third-order valence-corrected chi connectivity index (χ3v) is 6.57. The molecule has 3 unspecified atom stereocenters. The number of amides is 2. The summed E-state index contributed by atoms with van der Waals surface area (Å²) in [4.78, 5) is 42.6. The Bertz CT molecular complexity index is 1020. The number of rotatable bonds is 5. The fraction of sp³-hybridized carbons (Fsp3) is 0.417. The first-order valence-corrected chi connectivity index (χ1v) is 10.8. The Kier molecular flexibility index (Phi) is 5.76. The van der Waals surface area contributed by atoms with Crippen LogP contribution < -0.4 is 16.0 Å². The van der Waals surface area contributed by atoms with Gasteiger partial charge in [-0.25, -0.2) is 4.98 Å². The third kappa shape index (κ3) is 4.31. The van der Waals surface area contributed by atoms with Gasteiger partial charge >= 0.3 is 0 Å². The van der Waals surface area contributed by atoms with Crippen LogP contribution in [0.4, 0.5) is 5.82 Å². The number of hydrogen-bond acceptors (Lipinski definition) is 5. The van der Waals surface area contributed by atoms with E-state index in [-0.39, 0.29) is 17.7 Å². The van der Waals surface area contributed by atoms with E-state index < -0.39 is 5.91 Å². The highest BCUT2D eigenvalue weighted by atomic mass is 16.2. The number of ketones is 1. The molecule has 1 aromatic carbocycles. The molecule has 2 aromatic rings. The number of anilines is 1. The van der Waals surface area contributed by atoms with Crippen molar-refractivity contribution in [3.8, 4) is 0 Å². The molecule has 0 bridgehead atoms. The Morgan fingerprint density at radius 3 is 2.55 bits per heavy atom. The van der Waals surface area contributed by atoms with Gasteiger partial charge in [0, 0.05) is 41.5 Å². The lowest BCUT2D eigenvalue weighted by Gasteiger charge is -2.38. The number of nitrogens with two attached hydrogens (primary N) is 1. The number of hydrogen-bond donors (Lipinski definition) is 2. The van der Waals surface area contributed by atoms with Crippen LogP contribution >= 0.6 is 0 Å². The quantitative estimate of drug-likeness (QED) is 0.724. The maximum atomic E-state index is 12.8. The predicted molar refractivity (Wildman–Crippen MR) is 118 cm³/mol. The molecule has 3 N–H and O–H groups in total. The Balaban J connectivity index is 1.44. The van der Waals surface area contributed by atoms with Gasteiger partial charge in [-0.15, -0.1) is 0 Å². The molecule has 1 saturated heterocycles. The summed E-state index contributed by atoms with van der Waals surface area (Å²) in [5.41, 5.74) is 7.65. The summed E-state index contributed by atoms with van der Waals surface area (Å²) in [6.45, 7) is 4.26. The molecule has 7 nitrogen and oxygen atoms in total. The van der Waals surface area contributed by atoms with Crippen LogP contribution in [0, 0.1) is 12.8 Å². The number of carbonyl (C=O) groups is 3. The van der Waals surface area contributed by atoms with Gasteiger partial charge in [-0.05, 0) is 81.3 Å². The van der Waals surface area contributed by atoms with Crippen molar-refractivity contribution in [2.45, 2.75) is 51.6 Å². The molecule has 0 spiro atoms. The van der Waals surface area contributed by atoms with Crippen LogP contribution in [0.15, 0.2) is 36.5 Å². The van der Waals surface area contributed by atoms with Crippen molar-refractivity contribution >= 4 is 23.4 Å². The molecule has 2 fully saturated rings. The van der Waals surface area contributed by atoms with Gasteiger partial charge in [-0.3, -0.25) is 14.4 Å². The van der Waals surface area contributed by atoms with Gasteiger partial charge in [0.1, 0.15) is 5.82 Å². The number of aromatic nitrogens is 1. The third-order valence-electron chi connectivity index (χ3n) is 6.57. The molecule has 7 heteroatoms. The first kappa shape index (κ1) is 21.0. The van der Waals surface area contributed by atoms with Crippen molar-refractivity contribution in [3.05, 3.63) is 58.8 Å². The summed E-state index contributed by atoms with van der Waals surface area (Å²) in [5.74, 6) is 0.794. The van der Waals surface area contributed by atoms with Crippen LogP contribution in [0.3, 0.4) is 0 Å². The first-order valence-electron chi connectivity index (χ1n) is 10.8. The van der Waals surface area contributed by atoms with Gasteiger partial charge in [-0.1, -0.05) is 0 Å². The maximum absolute atomic E-state index is 12.8. The first-order chi connectivity index (χ1) is 14.8. The Labute approximate surface area is 182 Å². The Hall–Kier alpha value is -3.22. The minimum absolute atomic E-state index is 0.0123. The molecule has 2 heterocycles. The summed E-state index contributed by atoms with van der Waals surface area (Å²) in [7, 11) is 0. The van der Waals surface area contributed by atoms with Crippen molar-refractivity contribution in [1.29, 1.82) is 0 Å². The van der Waals surface area contributed by atoms with Crippen LogP contribution in [0.1, 0.15) is 69.2 Å². The van der Waals surface area contributed by atoms with E-state index >= 15 is 0 Å². The van der Waals surface area contributed by atoms with Crippen molar-refractivity contribution < 1.29 is 14.4 Å². The van der Waals surface area contributed by atoms with Gasteiger partial charge in [0.05, 0.1) is 0 Å². The second-order valence-corrected chi connectivity index (χ2v) is 8.66. The van der Waals surface area contributed by atoms with Gasteiger partial charge in [-0.2, -0.15) is 0 Å². The number of nitrogens with zero attached hydrogens (tertiary/aromatic N) is 2. The van der Waals surface area contributed by atoms with E-state index in [2.05, 4.69) is 15.2 Å². The van der Waals surface area contributed by atoms with E-state index in [0.717, 1.165) is 38.0 Å². The van der Waals surface area contributed by atoms with Crippen molar-refractivity contribution in [3.63, 3.8) is 0 Å². The summed E-state index contributed by atoms with van der Waals surface area (Å²) >= 11 is 0. The lowest BCUT2D eigenvalue weighted by molar-refractivity contribution is 0.0934. The molecule has 162 valence electrons. The van der Waals surface area contributed by atoms with Crippen molar-refractivity contribution in [2.24, 2.45) is 11.7 Å². The summed E-state index contributed by atoms with van der Waals surface area (Å²) < 4.78 is 0. The minimum atomic E-state index is -0.491. The van der Waals surface area contributed by atoms with Crippen molar-refractivity contribution in [2.75, 3.05) is 11.4 Å². The second-order valence-electron chi connectivity index (χ2n) is 8.66.